The standard InChI is InChI=1S/C27H39FINO3S/c1-20-8-7-9-21(2)27(20)34-19-23-22(18-24(29)26(23)28)10-5-3-4-6-11-25(31)33-17-14-30-12-15-32-16-13-30/h3,5,7-9,22-24,26H,4,6,10-19H2,1-2H3/t22-,23+,24?,26?/m0/s1. The summed E-state index contributed by atoms with van der Waals surface area (Å²) in [4.78, 5) is 15.5. The van der Waals surface area contributed by atoms with Crippen molar-refractivity contribution >= 4 is 40.3 Å². The quantitative estimate of drug-likeness (QED) is 0.0715. The molecule has 190 valence electrons. The molecule has 7 heteroatoms. The first-order valence-electron chi connectivity index (χ1n) is 12.5. The summed E-state index contributed by atoms with van der Waals surface area (Å²) in [6, 6.07) is 6.36. The van der Waals surface area contributed by atoms with Gasteiger partial charge in [-0.25, -0.2) is 4.39 Å². The molecule has 2 fully saturated rings. The number of aryl methyl sites for hydroxylation is 2. The Balaban J connectivity index is 1.33. The van der Waals surface area contributed by atoms with Crippen LogP contribution in [0.25, 0.3) is 0 Å². The number of morpholine rings is 1. The number of rotatable bonds is 12. The van der Waals surface area contributed by atoms with Crippen LogP contribution in [0.4, 0.5) is 4.39 Å². The maximum atomic E-state index is 15.0. The Morgan fingerprint density at radius 3 is 2.74 bits per heavy atom. The Bertz CT molecular complexity index is 782. The topological polar surface area (TPSA) is 38.8 Å². The zero-order valence-electron chi connectivity index (χ0n) is 20.5. The number of nitrogens with zero attached hydrogens (tertiary/aromatic N) is 1. The first kappa shape index (κ1) is 27.9. The summed E-state index contributed by atoms with van der Waals surface area (Å²) in [5.41, 5.74) is 2.56. The van der Waals surface area contributed by atoms with Crippen molar-refractivity contribution in [2.75, 3.05) is 45.2 Å². The van der Waals surface area contributed by atoms with E-state index in [1.54, 1.807) is 0 Å². The maximum absolute atomic E-state index is 15.0. The summed E-state index contributed by atoms with van der Waals surface area (Å²) in [6.45, 7) is 8.86. The molecule has 1 aromatic rings. The highest BCUT2D eigenvalue weighted by Crippen LogP contribution is 2.44. The molecule has 0 bridgehead atoms. The van der Waals surface area contributed by atoms with E-state index < -0.39 is 6.17 Å². The largest absolute Gasteiger partial charge is 0.464 e. The van der Waals surface area contributed by atoms with Crippen molar-refractivity contribution in [1.29, 1.82) is 0 Å². The number of alkyl halides is 2. The molecule has 4 atom stereocenters. The van der Waals surface area contributed by atoms with Crippen LogP contribution in [0.15, 0.2) is 35.2 Å². The lowest BCUT2D eigenvalue weighted by Gasteiger charge is -2.26. The van der Waals surface area contributed by atoms with Gasteiger partial charge in [0.15, 0.2) is 0 Å². The third kappa shape index (κ3) is 8.79. The van der Waals surface area contributed by atoms with Crippen molar-refractivity contribution in [3.63, 3.8) is 0 Å². The van der Waals surface area contributed by atoms with Crippen molar-refractivity contribution in [3.8, 4) is 0 Å². The van der Waals surface area contributed by atoms with Gasteiger partial charge in [-0.3, -0.25) is 9.69 Å². The zero-order valence-corrected chi connectivity index (χ0v) is 23.5. The van der Waals surface area contributed by atoms with Gasteiger partial charge < -0.3 is 9.47 Å². The van der Waals surface area contributed by atoms with Crippen molar-refractivity contribution in [1.82, 2.24) is 4.90 Å². The minimum absolute atomic E-state index is 0.0944. The fourth-order valence-electron chi connectivity index (χ4n) is 4.77. The normalized spacial score (nSPS) is 25.8. The Hall–Kier alpha value is -0.640. The molecule has 0 aromatic heterocycles. The summed E-state index contributed by atoms with van der Waals surface area (Å²) >= 11 is 4.11. The highest BCUT2D eigenvalue weighted by atomic mass is 127. The van der Waals surface area contributed by atoms with Gasteiger partial charge in [-0.05, 0) is 56.6 Å². The SMILES string of the molecule is Cc1cccc(C)c1SC[C@H]1C(F)C(I)C[C@@H]1CC=CCCCC(=O)OCCN1CCOCC1. The zero-order chi connectivity index (χ0) is 24.3. The average Bonchev–Trinajstić information content (AvgIpc) is 3.09. The molecular formula is C27H39FINO3S. The summed E-state index contributed by atoms with van der Waals surface area (Å²) in [5, 5.41) is 0. The van der Waals surface area contributed by atoms with E-state index in [0.717, 1.165) is 64.3 Å². The van der Waals surface area contributed by atoms with E-state index in [0.29, 0.717) is 18.9 Å². The van der Waals surface area contributed by atoms with Gasteiger partial charge in [0.25, 0.3) is 0 Å². The smallest absolute Gasteiger partial charge is 0.305 e. The van der Waals surface area contributed by atoms with Crippen molar-refractivity contribution in [2.45, 2.75) is 60.9 Å². The molecule has 1 heterocycles. The first-order chi connectivity index (χ1) is 16.5. The van der Waals surface area contributed by atoms with Crippen LogP contribution in [-0.4, -0.2) is 66.2 Å². The van der Waals surface area contributed by atoms with E-state index in [-0.39, 0.29) is 15.8 Å². The Kier molecular flexibility index (Phi) is 12.2. The fraction of sp³-hybridized carbons (Fsp3) is 0.667. The molecule has 2 aliphatic rings. The number of ether oxygens (including phenoxy) is 2. The molecule has 1 aliphatic carbocycles. The third-order valence-electron chi connectivity index (χ3n) is 6.85. The molecule has 3 rings (SSSR count). The van der Waals surface area contributed by atoms with Crippen LogP contribution >= 0.6 is 34.4 Å². The number of hydrogen-bond acceptors (Lipinski definition) is 5. The second kappa shape index (κ2) is 14.8. The van der Waals surface area contributed by atoms with Gasteiger partial charge in [-0.15, -0.1) is 11.8 Å². The highest BCUT2D eigenvalue weighted by Gasteiger charge is 2.41. The number of benzene rings is 1. The summed E-state index contributed by atoms with van der Waals surface area (Å²) in [6.07, 6.45) is 7.60. The molecule has 0 N–H and O–H groups in total. The summed E-state index contributed by atoms with van der Waals surface area (Å²) in [7, 11) is 0. The molecule has 0 spiro atoms. The third-order valence-corrected chi connectivity index (χ3v) is 9.53. The Morgan fingerprint density at radius 1 is 1.26 bits per heavy atom. The van der Waals surface area contributed by atoms with E-state index in [4.69, 9.17) is 9.47 Å². The van der Waals surface area contributed by atoms with E-state index in [9.17, 15) is 9.18 Å². The van der Waals surface area contributed by atoms with Crippen LogP contribution < -0.4 is 0 Å². The molecule has 1 aromatic carbocycles. The van der Waals surface area contributed by atoms with Crippen LogP contribution in [0.2, 0.25) is 0 Å². The van der Waals surface area contributed by atoms with Gasteiger partial charge in [0.05, 0.1) is 13.2 Å². The highest BCUT2D eigenvalue weighted by molar-refractivity contribution is 14.1. The lowest BCUT2D eigenvalue weighted by Crippen LogP contribution is -2.38. The van der Waals surface area contributed by atoms with E-state index in [2.05, 4.69) is 71.7 Å². The van der Waals surface area contributed by atoms with Gasteiger partial charge in [0, 0.05) is 46.5 Å². The minimum Gasteiger partial charge on any atom is -0.464 e. The molecule has 1 aliphatic heterocycles. The van der Waals surface area contributed by atoms with Crippen LogP contribution in [0, 0.1) is 25.7 Å². The monoisotopic (exact) mass is 603 g/mol. The predicted molar refractivity (Wildman–Crippen MR) is 147 cm³/mol. The van der Waals surface area contributed by atoms with Crippen LogP contribution in [0.5, 0.6) is 0 Å². The molecule has 0 amide bonds. The Morgan fingerprint density at radius 2 is 2.00 bits per heavy atom. The van der Waals surface area contributed by atoms with E-state index in [1.807, 2.05) is 11.8 Å². The van der Waals surface area contributed by atoms with Gasteiger partial charge in [-0.1, -0.05) is 52.9 Å². The van der Waals surface area contributed by atoms with Gasteiger partial charge in [0.1, 0.15) is 12.8 Å². The maximum Gasteiger partial charge on any atom is 0.305 e. The lowest BCUT2D eigenvalue weighted by molar-refractivity contribution is -0.144. The number of allylic oxidation sites excluding steroid dienone is 2. The number of unbranched alkanes of at least 4 members (excludes halogenated alkanes) is 1. The van der Waals surface area contributed by atoms with Crippen LogP contribution in [0.3, 0.4) is 0 Å². The number of carbonyl (C=O) groups is 1. The first-order valence-corrected chi connectivity index (χ1v) is 14.8. The van der Waals surface area contributed by atoms with E-state index in [1.165, 1.54) is 16.0 Å². The van der Waals surface area contributed by atoms with Crippen LogP contribution in [0.1, 0.15) is 43.2 Å². The molecule has 1 saturated carbocycles. The molecule has 34 heavy (non-hydrogen) atoms. The second-order valence-electron chi connectivity index (χ2n) is 9.43. The minimum atomic E-state index is -0.733. The van der Waals surface area contributed by atoms with Crippen molar-refractivity contribution in [2.24, 2.45) is 11.8 Å². The van der Waals surface area contributed by atoms with Gasteiger partial charge in [0.2, 0.25) is 0 Å². The number of esters is 1. The predicted octanol–water partition coefficient (Wildman–Crippen LogP) is 6.17. The summed E-state index contributed by atoms with van der Waals surface area (Å²) in [5.74, 6) is 1.20. The molecule has 1 saturated heterocycles. The van der Waals surface area contributed by atoms with Crippen LogP contribution in [-0.2, 0) is 14.3 Å². The number of thioether (sulfide) groups is 1. The number of carbonyl (C=O) groups excluding carboxylic acids is 1. The fourth-order valence-corrected chi connectivity index (χ4v) is 7.36. The molecule has 2 unspecified atom stereocenters. The van der Waals surface area contributed by atoms with Gasteiger partial charge in [-0.2, -0.15) is 0 Å². The molecule has 0 radical (unpaired) electrons. The number of hydrogen-bond donors (Lipinski definition) is 0. The van der Waals surface area contributed by atoms with Gasteiger partial charge >= 0.3 is 5.97 Å². The Labute approximate surface area is 222 Å². The summed E-state index contributed by atoms with van der Waals surface area (Å²) < 4.78 is 25.8. The van der Waals surface area contributed by atoms with E-state index >= 15 is 0 Å². The molecular weight excluding hydrogens is 564 g/mol. The second-order valence-corrected chi connectivity index (χ2v) is 12.1. The van der Waals surface area contributed by atoms with Crippen molar-refractivity contribution in [3.05, 3.63) is 41.5 Å². The number of halogens is 2. The lowest BCUT2D eigenvalue weighted by atomic mass is 9.93. The molecule has 4 nitrogen and oxygen atoms in total. The average molecular weight is 604 g/mol. The van der Waals surface area contributed by atoms with Crippen molar-refractivity contribution < 1.29 is 18.7 Å².